The molecule has 2 aromatic heterocycles. The molecule has 128 valence electrons. The number of rotatable bonds is 3. The number of ether oxygens (including phenoxy) is 1. The second kappa shape index (κ2) is 6.93. The first-order chi connectivity index (χ1) is 11.9. The van der Waals surface area contributed by atoms with E-state index in [0.717, 1.165) is 26.7 Å². The predicted molar refractivity (Wildman–Crippen MR) is 103 cm³/mol. The van der Waals surface area contributed by atoms with Crippen LogP contribution in [0.3, 0.4) is 0 Å². The number of hydrogen-bond acceptors (Lipinski definition) is 5. The van der Waals surface area contributed by atoms with Crippen LogP contribution in [0.4, 0.5) is 5.69 Å². The van der Waals surface area contributed by atoms with E-state index in [9.17, 15) is 9.59 Å². The number of methoxy groups -OCH3 is 1. The minimum atomic E-state index is -0.489. The molecule has 0 fully saturated rings. The molecule has 3 aromatic rings. The lowest BCUT2D eigenvalue weighted by Crippen LogP contribution is -2.10. The molecule has 0 aliphatic rings. The Morgan fingerprint density at radius 2 is 1.92 bits per heavy atom. The molecule has 0 spiro atoms. The number of halogens is 1. The van der Waals surface area contributed by atoms with Crippen molar-refractivity contribution in [2.45, 2.75) is 13.8 Å². The Bertz CT molecular complexity index is 980. The summed E-state index contributed by atoms with van der Waals surface area (Å²) >= 11 is 4.64. The largest absolute Gasteiger partial charge is 0.465 e. The Labute approximate surface area is 157 Å². The zero-order valence-electron chi connectivity index (χ0n) is 13.8. The first kappa shape index (κ1) is 17.6. The third kappa shape index (κ3) is 3.43. The predicted octanol–water partition coefficient (Wildman–Crippen LogP) is 4.78. The number of nitrogens with one attached hydrogen (secondary N) is 1. The highest BCUT2D eigenvalue weighted by Gasteiger charge is 2.22. The molecule has 1 aromatic carbocycles. The van der Waals surface area contributed by atoms with E-state index < -0.39 is 5.97 Å². The van der Waals surface area contributed by atoms with E-state index in [0.29, 0.717) is 15.4 Å². The van der Waals surface area contributed by atoms with Gasteiger partial charge in [0.15, 0.2) is 0 Å². The summed E-state index contributed by atoms with van der Waals surface area (Å²) < 4.78 is 5.83. The minimum Gasteiger partial charge on any atom is -0.465 e. The number of carbonyl (C=O) groups is 2. The number of pyridine rings is 1. The Hall–Kier alpha value is -2.25. The second-order valence-electron chi connectivity index (χ2n) is 5.49. The lowest BCUT2D eigenvalue weighted by molar-refractivity contribution is -0.114. The number of hydrogen-bond donors (Lipinski definition) is 1. The molecule has 0 saturated carbocycles. The molecular weight excluding hydrogens is 404 g/mol. The van der Waals surface area contributed by atoms with Gasteiger partial charge in [0.25, 0.3) is 0 Å². The Balaban J connectivity index is 2.23. The summed E-state index contributed by atoms with van der Waals surface area (Å²) in [5, 5.41) is 3.51. The van der Waals surface area contributed by atoms with Crippen LogP contribution in [0, 0.1) is 6.92 Å². The molecule has 2 heterocycles. The first-order valence-electron chi connectivity index (χ1n) is 7.46. The van der Waals surface area contributed by atoms with Crippen molar-refractivity contribution < 1.29 is 14.3 Å². The molecule has 0 aliphatic carbocycles. The maximum absolute atomic E-state index is 12.1. The van der Waals surface area contributed by atoms with Crippen LogP contribution in [-0.2, 0) is 9.53 Å². The summed E-state index contributed by atoms with van der Waals surface area (Å²) in [6.45, 7) is 3.34. The van der Waals surface area contributed by atoms with E-state index in [-0.39, 0.29) is 5.91 Å². The molecule has 1 amide bonds. The van der Waals surface area contributed by atoms with Crippen LogP contribution in [0.5, 0.6) is 0 Å². The molecular formula is C18H15BrN2O3S. The van der Waals surface area contributed by atoms with Crippen molar-refractivity contribution in [1.29, 1.82) is 0 Å². The number of nitrogens with zero attached hydrogens (tertiary/aromatic N) is 1. The van der Waals surface area contributed by atoms with E-state index in [2.05, 4.69) is 26.2 Å². The monoisotopic (exact) mass is 418 g/mol. The fraction of sp³-hybridized carbons (Fsp3) is 0.167. The topological polar surface area (TPSA) is 68.3 Å². The van der Waals surface area contributed by atoms with Crippen LogP contribution in [-0.4, -0.2) is 24.0 Å². The smallest absolute Gasteiger partial charge is 0.350 e. The zero-order chi connectivity index (χ0) is 18.1. The van der Waals surface area contributed by atoms with Gasteiger partial charge in [-0.3, -0.25) is 4.79 Å². The quantitative estimate of drug-likeness (QED) is 0.621. The van der Waals surface area contributed by atoms with Crippen molar-refractivity contribution in [1.82, 2.24) is 4.98 Å². The number of thiophene rings is 1. The molecule has 0 saturated heterocycles. The van der Waals surface area contributed by atoms with Crippen molar-refractivity contribution in [2.75, 3.05) is 12.4 Å². The molecule has 5 nitrogen and oxygen atoms in total. The Kier molecular flexibility index (Phi) is 4.87. The maximum Gasteiger partial charge on any atom is 0.350 e. The number of aryl methyl sites for hydroxylation is 1. The van der Waals surface area contributed by atoms with E-state index in [1.165, 1.54) is 25.4 Å². The molecule has 0 bridgehead atoms. The molecule has 0 radical (unpaired) electrons. The number of benzene rings is 1. The van der Waals surface area contributed by atoms with Crippen LogP contribution in [0.2, 0.25) is 0 Å². The van der Waals surface area contributed by atoms with Crippen LogP contribution in [0.15, 0.2) is 34.8 Å². The van der Waals surface area contributed by atoms with Crippen LogP contribution in [0.25, 0.3) is 21.5 Å². The van der Waals surface area contributed by atoms with Gasteiger partial charge in [0.05, 0.1) is 18.5 Å². The Morgan fingerprint density at radius 3 is 2.52 bits per heavy atom. The number of aromatic nitrogens is 1. The van der Waals surface area contributed by atoms with Gasteiger partial charge >= 0.3 is 5.97 Å². The van der Waals surface area contributed by atoms with Crippen LogP contribution >= 0.6 is 27.3 Å². The fourth-order valence-corrected chi connectivity index (χ4v) is 3.97. The molecule has 25 heavy (non-hydrogen) atoms. The highest BCUT2D eigenvalue weighted by atomic mass is 79.9. The van der Waals surface area contributed by atoms with E-state index in [1.807, 2.05) is 37.3 Å². The number of fused-ring (bicyclic) bond motifs is 1. The van der Waals surface area contributed by atoms with Gasteiger partial charge in [0, 0.05) is 22.3 Å². The summed E-state index contributed by atoms with van der Waals surface area (Å²) in [4.78, 5) is 29.4. The number of amides is 1. The van der Waals surface area contributed by atoms with Gasteiger partial charge in [0.2, 0.25) is 5.91 Å². The third-order valence-corrected chi connectivity index (χ3v) is 5.26. The van der Waals surface area contributed by atoms with Gasteiger partial charge in [-0.15, -0.1) is 11.3 Å². The molecule has 3 rings (SSSR count). The average molecular weight is 419 g/mol. The fourth-order valence-electron chi connectivity index (χ4n) is 2.58. The summed E-state index contributed by atoms with van der Waals surface area (Å²) in [5.74, 6) is -0.738. The summed E-state index contributed by atoms with van der Waals surface area (Å²) in [7, 11) is 1.32. The highest BCUT2D eigenvalue weighted by molar-refractivity contribution is 9.10. The van der Waals surface area contributed by atoms with Crippen LogP contribution < -0.4 is 5.32 Å². The van der Waals surface area contributed by atoms with Gasteiger partial charge in [-0.2, -0.15) is 0 Å². The zero-order valence-corrected chi connectivity index (χ0v) is 16.2. The Morgan fingerprint density at radius 1 is 1.24 bits per heavy atom. The highest BCUT2D eigenvalue weighted by Crippen LogP contribution is 2.39. The van der Waals surface area contributed by atoms with Gasteiger partial charge < -0.3 is 10.1 Å². The van der Waals surface area contributed by atoms with Gasteiger partial charge in [0.1, 0.15) is 9.71 Å². The lowest BCUT2D eigenvalue weighted by atomic mass is 10.1. The minimum absolute atomic E-state index is 0.249. The molecule has 0 atom stereocenters. The van der Waals surface area contributed by atoms with Gasteiger partial charge in [-0.1, -0.05) is 28.1 Å². The molecule has 1 N–H and O–H groups in total. The van der Waals surface area contributed by atoms with E-state index in [1.54, 1.807) is 0 Å². The third-order valence-electron chi connectivity index (χ3n) is 3.67. The van der Waals surface area contributed by atoms with E-state index >= 15 is 0 Å². The number of esters is 1. The SMILES string of the molecule is COC(=O)c1sc2nc(-c3ccc(Br)cc3)cc(C)c2c1NC(C)=O. The van der Waals surface area contributed by atoms with Crippen molar-refractivity contribution in [2.24, 2.45) is 0 Å². The van der Waals surface area contributed by atoms with Gasteiger partial charge in [-0.05, 0) is 30.7 Å². The summed E-state index contributed by atoms with van der Waals surface area (Å²) in [6, 6.07) is 9.80. The first-order valence-corrected chi connectivity index (χ1v) is 9.07. The second-order valence-corrected chi connectivity index (χ2v) is 7.41. The number of anilines is 1. The lowest BCUT2D eigenvalue weighted by Gasteiger charge is -2.07. The normalized spacial score (nSPS) is 10.7. The molecule has 0 unspecified atom stereocenters. The van der Waals surface area contributed by atoms with Crippen molar-refractivity contribution in [3.05, 3.63) is 45.2 Å². The summed E-state index contributed by atoms with van der Waals surface area (Å²) in [5.41, 5.74) is 3.18. The maximum atomic E-state index is 12.1. The van der Waals surface area contributed by atoms with E-state index in [4.69, 9.17) is 4.74 Å². The van der Waals surface area contributed by atoms with Crippen molar-refractivity contribution in [3.63, 3.8) is 0 Å². The van der Waals surface area contributed by atoms with Crippen molar-refractivity contribution in [3.8, 4) is 11.3 Å². The number of carbonyl (C=O) groups excluding carboxylic acids is 2. The van der Waals surface area contributed by atoms with Crippen LogP contribution in [0.1, 0.15) is 22.2 Å². The average Bonchev–Trinajstić information content (AvgIpc) is 2.93. The summed E-state index contributed by atoms with van der Waals surface area (Å²) in [6.07, 6.45) is 0. The molecule has 0 aliphatic heterocycles. The molecule has 7 heteroatoms. The van der Waals surface area contributed by atoms with Gasteiger partial charge in [-0.25, -0.2) is 9.78 Å². The van der Waals surface area contributed by atoms with Crippen molar-refractivity contribution >= 4 is 55.0 Å². The standard InChI is InChI=1S/C18H15BrN2O3S/c1-9-8-13(11-4-6-12(19)7-5-11)21-17-14(9)15(20-10(2)22)16(25-17)18(23)24-3/h4-8H,1-3H3,(H,20,22).